The minimum atomic E-state index is 0.104. The van der Waals surface area contributed by atoms with Gasteiger partial charge in [-0.25, -0.2) is 0 Å². The third-order valence-electron chi connectivity index (χ3n) is 1.36. The topological polar surface area (TPSA) is 29.1 Å². The maximum atomic E-state index is 11.1. The first-order chi connectivity index (χ1) is 5.06. The molecule has 0 radical (unpaired) electrons. The van der Waals surface area contributed by atoms with E-state index in [9.17, 15) is 4.79 Å². The van der Waals surface area contributed by atoms with Crippen LogP contribution in [-0.2, 0) is 4.79 Å². The molecule has 0 saturated carbocycles. The Morgan fingerprint density at radius 3 is 2.45 bits per heavy atom. The fourth-order valence-electron chi connectivity index (χ4n) is 0.757. The molecule has 0 rings (SSSR count). The Morgan fingerprint density at radius 1 is 1.55 bits per heavy atom. The number of rotatable bonds is 4. The van der Waals surface area contributed by atoms with Crippen LogP contribution in [0.3, 0.4) is 0 Å². The summed E-state index contributed by atoms with van der Waals surface area (Å²) in [6.45, 7) is 9.50. The summed E-state index contributed by atoms with van der Waals surface area (Å²) >= 11 is 0. The summed E-state index contributed by atoms with van der Waals surface area (Å²) in [7, 11) is 0. The van der Waals surface area contributed by atoms with Crippen LogP contribution in [0, 0.1) is 5.92 Å². The van der Waals surface area contributed by atoms with Gasteiger partial charge in [-0.15, -0.1) is 6.58 Å². The number of hydrogen-bond donors (Lipinski definition) is 1. The maximum absolute atomic E-state index is 11.1. The summed E-state index contributed by atoms with van der Waals surface area (Å²) < 4.78 is 0. The SMILES string of the molecule is C=CC(C)CC(=O)NC(C)C. The van der Waals surface area contributed by atoms with Crippen LogP contribution in [-0.4, -0.2) is 11.9 Å². The lowest BCUT2D eigenvalue weighted by atomic mass is 10.1. The molecule has 0 spiro atoms. The minimum absolute atomic E-state index is 0.104. The van der Waals surface area contributed by atoms with E-state index in [1.807, 2.05) is 20.8 Å². The molecule has 64 valence electrons. The summed E-state index contributed by atoms with van der Waals surface area (Å²) in [5.74, 6) is 0.376. The highest BCUT2D eigenvalue weighted by atomic mass is 16.1. The van der Waals surface area contributed by atoms with Gasteiger partial charge in [0.05, 0.1) is 0 Å². The highest BCUT2D eigenvalue weighted by molar-refractivity contribution is 5.76. The molecule has 2 heteroatoms. The van der Waals surface area contributed by atoms with Crippen molar-refractivity contribution in [3.05, 3.63) is 12.7 Å². The van der Waals surface area contributed by atoms with Crippen molar-refractivity contribution in [3.63, 3.8) is 0 Å². The zero-order chi connectivity index (χ0) is 8.85. The predicted molar refractivity (Wildman–Crippen MR) is 47.3 cm³/mol. The van der Waals surface area contributed by atoms with Gasteiger partial charge >= 0.3 is 0 Å². The molecule has 1 unspecified atom stereocenters. The van der Waals surface area contributed by atoms with Gasteiger partial charge in [0.1, 0.15) is 0 Å². The molecular weight excluding hydrogens is 138 g/mol. The normalized spacial score (nSPS) is 12.7. The molecule has 1 N–H and O–H groups in total. The summed E-state index contributed by atoms with van der Waals surface area (Å²) in [4.78, 5) is 11.1. The first-order valence-electron chi connectivity index (χ1n) is 3.98. The number of amides is 1. The van der Waals surface area contributed by atoms with Crippen molar-refractivity contribution in [1.29, 1.82) is 0 Å². The molecule has 0 aromatic heterocycles. The molecule has 0 aliphatic rings. The second kappa shape index (κ2) is 4.94. The van der Waals surface area contributed by atoms with E-state index in [0.717, 1.165) is 0 Å². The van der Waals surface area contributed by atoms with Crippen molar-refractivity contribution in [2.75, 3.05) is 0 Å². The van der Waals surface area contributed by atoms with Crippen LogP contribution in [0.4, 0.5) is 0 Å². The average Bonchev–Trinajstić information content (AvgIpc) is 1.85. The van der Waals surface area contributed by atoms with Gasteiger partial charge in [-0.3, -0.25) is 4.79 Å². The lowest BCUT2D eigenvalue weighted by Gasteiger charge is -2.09. The Hall–Kier alpha value is -0.790. The molecule has 0 aliphatic heterocycles. The fourth-order valence-corrected chi connectivity index (χ4v) is 0.757. The minimum Gasteiger partial charge on any atom is -0.354 e. The lowest BCUT2D eigenvalue weighted by Crippen LogP contribution is -2.30. The van der Waals surface area contributed by atoms with Crippen molar-refractivity contribution >= 4 is 5.91 Å². The van der Waals surface area contributed by atoms with Crippen molar-refractivity contribution < 1.29 is 4.79 Å². The zero-order valence-electron chi connectivity index (χ0n) is 7.55. The molecule has 0 aliphatic carbocycles. The largest absolute Gasteiger partial charge is 0.354 e. The lowest BCUT2D eigenvalue weighted by molar-refractivity contribution is -0.122. The Labute approximate surface area is 68.7 Å². The van der Waals surface area contributed by atoms with E-state index in [1.165, 1.54) is 0 Å². The number of allylic oxidation sites excluding steroid dienone is 1. The van der Waals surface area contributed by atoms with Crippen molar-refractivity contribution in [3.8, 4) is 0 Å². The van der Waals surface area contributed by atoms with Crippen molar-refractivity contribution in [2.24, 2.45) is 5.92 Å². The van der Waals surface area contributed by atoms with Gasteiger partial charge < -0.3 is 5.32 Å². The smallest absolute Gasteiger partial charge is 0.220 e. The van der Waals surface area contributed by atoms with E-state index in [0.29, 0.717) is 6.42 Å². The van der Waals surface area contributed by atoms with Gasteiger partial charge in [0.25, 0.3) is 0 Å². The van der Waals surface area contributed by atoms with Gasteiger partial charge in [0, 0.05) is 12.5 Å². The summed E-state index contributed by atoms with van der Waals surface area (Å²) in [6.07, 6.45) is 2.33. The van der Waals surface area contributed by atoms with Crippen LogP contribution in [0.5, 0.6) is 0 Å². The van der Waals surface area contributed by atoms with Crippen LogP contribution >= 0.6 is 0 Å². The second-order valence-electron chi connectivity index (χ2n) is 3.14. The Kier molecular flexibility index (Phi) is 4.59. The number of hydrogen-bond acceptors (Lipinski definition) is 1. The van der Waals surface area contributed by atoms with Crippen molar-refractivity contribution in [2.45, 2.75) is 33.2 Å². The monoisotopic (exact) mass is 155 g/mol. The van der Waals surface area contributed by atoms with E-state index >= 15 is 0 Å². The standard InChI is InChI=1S/C9H17NO/c1-5-8(4)6-9(11)10-7(2)3/h5,7-8H,1,6H2,2-4H3,(H,10,11). The van der Waals surface area contributed by atoms with Crippen LogP contribution in [0.15, 0.2) is 12.7 Å². The third-order valence-corrected chi connectivity index (χ3v) is 1.36. The molecule has 0 bridgehead atoms. The summed E-state index contributed by atoms with van der Waals surface area (Å²) in [5, 5.41) is 2.82. The van der Waals surface area contributed by atoms with E-state index in [2.05, 4.69) is 11.9 Å². The van der Waals surface area contributed by atoms with Gasteiger partial charge in [0.2, 0.25) is 5.91 Å². The number of nitrogens with one attached hydrogen (secondary N) is 1. The average molecular weight is 155 g/mol. The zero-order valence-corrected chi connectivity index (χ0v) is 7.55. The molecule has 11 heavy (non-hydrogen) atoms. The van der Waals surface area contributed by atoms with E-state index in [4.69, 9.17) is 0 Å². The maximum Gasteiger partial charge on any atom is 0.220 e. The second-order valence-corrected chi connectivity index (χ2v) is 3.14. The van der Waals surface area contributed by atoms with E-state index in [-0.39, 0.29) is 17.9 Å². The fraction of sp³-hybridized carbons (Fsp3) is 0.667. The Bertz CT molecular complexity index is 140. The first kappa shape index (κ1) is 10.2. The first-order valence-corrected chi connectivity index (χ1v) is 3.98. The number of carbonyl (C=O) groups is 1. The van der Waals surface area contributed by atoms with Crippen LogP contribution < -0.4 is 5.32 Å². The molecule has 0 fully saturated rings. The molecule has 0 aromatic rings. The van der Waals surface area contributed by atoms with Gasteiger partial charge in [-0.1, -0.05) is 13.0 Å². The molecular formula is C9H17NO. The third kappa shape index (κ3) is 5.64. The predicted octanol–water partition coefficient (Wildman–Crippen LogP) is 1.72. The van der Waals surface area contributed by atoms with E-state index in [1.54, 1.807) is 6.08 Å². The highest BCUT2D eigenvalue weighted by Crippen LogP contribution is 2.01. The van der Waals surface area contributed by atoms with Gasteiger partial charge in [-0.2, -0.15) is 0 Å². The molecule has 0 aromatic carbocycles. The molecule has 2 nitrogen and oxygen atoms in total. The molecule has 0 heterocycles. The Morgan fingerprint density at radius 2 is 2.09 bits per heavy atom. The Balaban J connectivity index is 3.60. The van der Waals surface area contributed by atoms with Crippen molar-refractivity contribution in [1.82, 2.24) is 5.32 Å². The van der Waals surface area contributed by atoms with Crippen LogP contribution in [0.25, 0.3) is 0 Å². The van der Waals surface area contributed by atoms with E-state index < -0.39 is 0 Å². The molecule has 1 amide bonds. The van der Waals surface area contributed by atoms with Crippen LogP contribution in [0.2, 0.25) is 0 Å². The molecule has 0 saturated heterocycles. The summed E-state index contributed by atoms with van der Waals surface area (Å²) in [5.41, 5.74) is 0. The highest BCUT2D eigenvalue weighted by Gasteiger charge is 2.05. The van der Waals surface area contributed by atoms with Crippen LogP contribution in [0.1, 0.15) is 27.2 Å². The summed E-state index contributed by atoms with van der Waals surface area (Å²) in [6, 6.07) is 0.236. The van der Waals surface area contributed by atoms with Gasteiger partial charge in [0.15, 0.2) is 0 Å². The number of carbonyl (C=O) groups excluding carboxylic acids is 1. The molecule has 1 atom stereocenters. The van der Waals surface area contributed by atoms with Gasteiger partial charge in [-0.05, 0) is 19.8 Å². The quantitative estimate of drug-likeness (QED) is 0.615.